The first-order valence-corrected chi connectivity index (χ1v) is 5.58. The van der Waals surface area contributed by atoms with Crippen molar-refractivity contribution in [3.63, 3.8) is 0 Å². The molecule has 1 aromatic heterocycles. The Kier molecular flexibility index (Phi) is 5.36. The number of nitrogens with zero attached hydrogens (tertiary/aromatic N) is 1. The standard InChI is InChI=1S/C11H21N3O/c1-4-12-6-5-7-13-8-11-9(2)14-10(3)15-11/h12-13H,4-8H2,1-3H3. The van der Waals surface area contributed by atoms with E-state index in [0.717, 1.165) is 49.9 Å². The SMILES string of the molecule is CCNCCCNCc1oc(C)nc1C. The summed E-state index contributed by atoms with van der Waals surface area (Å²) in [6.07, 6.45) is 1.14. The molecule has 86 valence electrons. The van der Waals surface area contributed by atoms with Crippen molar-refractivity contribution >= 4 is 0 Å². The van der Waals surface area contributed by atoms with Gasteiger partial charge in [-0.3, -0.25) is 0 Å². The molecule has 4 nitrogen and oxygen atoms in total. The minimum atomic E-state index is 0.747. The molecule has 1 rings (SSSR count). The van der Waals surface area contributed by atoms with Gasteiger partial charge in [0.1, 0.15) is 5.76 Å². The average molecular weight is 211 g/mol. The molecule has 1 heterocycles. The maximum Gasteiger partial charge on any atom is 0.191 e. The number of hydrogen-bond donors (Lipinski definition) is 2. The summed E-state index contributed by atoms with van der Waals surface area (Å²) in [5.74, 6) is 1.70. The van der Waals surface area contributed by atoms with Crippen LogP contribution in [-0.4, -0.2) is 24.6 Å². The third-order valence-electron chi connectivity index (χ3n) is 2.24. The highest BCUT2D eigenvalue weighted by Gasteiger charge is 2.04. The van der Waals surface area contributed by atoms with E-state index in [2.05, 4.69) is 22.5 Å². The molecular formula is C11H21N3O. The molecule has 0 spiro atoms. The van der Waals surface area contributed by atoms with Crippen LogP contribution >= 0.6 is 0 Å². The van der Waals surface area contributed by atoms with Gasteiger partial charge in [0.05, 0.1) is 12.2 Å². The van der Waals surface area contributed by atoms with Gasteiger partial charge in [-0.05, 0) is 33.0 Å². The maximum atomic E-state index is 5.45. The van der Waals surface area contributed by atoms with Crippen LogP contribution in [0.3, 0.4) is 0 Å². The molecule has 0 unspecified atom stereocenters. The van der Waals surface area contributed by atoms with Gasteiger partial charge in [0.15, 0.2) is 5.89 Å². The molecular weight excluding hydrogens is 190 g/mol. The van der Waals surface area contributed by atoms with Gasteiger partial charge in [-0.1, -0.05) is 6.92 Å². The van der Waals surface area contributed by atoms with Crippen molar-refractivity contribution in [1.82, 2.24) is 15.6 Å². The summed E-state index contributed by atoms with van der Waals surface area (Å²) < 4.78 is 5.45. The van der Waals surface area contributed by atoms with E-state index in [1.54, 1.807) is 0 Å². The highest BCUT2D eigenvalue weighted by Crippen LogP contribution is 2.08. The Balaban J connectivity index is 2.12. The van der Waals surface area contributed by atoms with Gasteiger partial charge in [-0.15, -0.1) is 0 Å². The highest BCUT2D eigenvalue weighted by molar-refractivity contribution is 5.06. The molecule has 0 fully saturated rings. The van der Waals surface area contributed by atoms with Gasteiger partial charge in [0.25, 0.3) is 0 Å². The van der Waals surface area contributed by atoms with E-state index >= 15 is 0 Å². The van der Waals surface area contributed by atoms with Crippen molar-refractivity contribution in [2.24, 2.45) is 0 Å². The van der Waals surface area contributed by atoms with Gasteiger partial charge in [-0.25, -0.2) is 4.98 Å². The van der Waals surface area contributed by atoms with Crippen molar-refractivity contribution in [3.8, 4) is 0 Å². The van der Waals surface area contributed by atoms with Crippen molar-refractivity contribution in [2.45, 2.75) is 33.7 Å². The highest BCUT2D eigenvalue weighted by atomic mass is 16.4. The van der Waals surface area contributed by atoms with Crippen LogP contribution in [0.4, 0.5) is 0 Å². The number of nitrogens with one attached hydrogen (secondary N) is 2. The Labute approximate surface area is 91.5 Å². The van der Waals surface area contributed by atoms with Crippen LogP contribution < -0.4 is 10.6 Å². The summed E-state index contributed by atoms with van der Waals surface area (Å²) in [5, 5.41) is 6.63. The van der Waals surface area contributed by atoms with Gasteiger partial charge >= 0.3 is 0 Å². The zero-order valence-electron chi connectivity index (χ0n) is 9.89. The first-order chi connectivity index (χ1) is 7.24. The quantitative estimate of drug-likeness (QED) is 0.669. The fourth-order valence-corrected chi connectivity index (χ4v) is 1.45. The topological polar surface area (TPSA) is 50.1 Å². The molecule has 0 radical (unpaired) electrons. The molecule has 2 N–H and O–H groups in total. The predicted molar refractivity (Wildman–Crippen MR) is 60.8 cm³/mol. The Bertz CT molecular complexity index is 283. The molecule has 0 atom stereocenters. The molecule has 0 aromatic carbocycles. The van der Waals surface area contributed by atoms with Crippen LogP contribution in [0, 0.1) is 13.8 Å². The van der Waals surface area contributed by atoms with Crippen molar-refractivity contribution in [2.75, 3.05) is 19.6 Å². The zero-order valence-corrected chi connectivity index (χ0v) is 9.89. The van der Waals surface area contributed by atoms with Gasteiger partial charge in [-0.2, -0.15) is 0 Å². The van der Waals surface area contributed by atoms with Crippen LogP contribution in [0.25, 0.3) is 0 Å². The number of aromatic nitrogens is 1. The van der Waals surface area contributed by atoms with Crippen molar-refractivity contribution in [1.29, 1.82) is 0 Å². The lowest BCUT2D eigenvalue weighted by Crippen LogP contribution is -2.21. The molecule has 0 saturated heterocycles. The van der Waals surface area contributed by atoms with Crippen molar-refractivity contribution < 1.29 is 4.42 Å². The van der Waals surface area contributed by atoms with Crippen LogP contribution in [0.15, 0.2) is 4.42 Å². The van der Waals surface area contributed by atoms with Crippen LogP contribution in [-0.2, 0) is 6.54 Å². The summed E-state index contributed by atoms with van der Waals surface area (Å²) in [4.78, 5) is 4.22. The maximum absolute atomic E-state index is 5.45. The van der Waals surface area contributed by atoms with E-state index in [9.17, 15) is 0 Å². The van der Waals surface area contributed by atoms with Gasteiger partial charge in [0.2, 0.25) is 0 Å². The van der Waals surface area contributed by atoms with Gasteiger partial charge in [0, 0.05) is 6.92 Å². The minimum absolute atomic E-state index is 0.747. The third kappa shape index (κ3) is 4.44. The van der Waals surface area contributed by atoms with E-state index in [0.29, 0.717) is 0 Å². The lowest BCUT2D eigenvalue weighted by Gasteiger charge is -2.03. The lowest BCUT2D eigenvalue weighted by molar-refractivity contribution is 0.452. The summed E-state index contributed by atoms with van der Waals surface area (Å²) in [5.41, 5.74) is 0.992. The number of rotatable bonds is 7. The van der Waals surface area contributed by atoms with E-state index in [4.69, 9.17) is 4.42 Å². The second-order valence-corrected chi connectivity index (χ2v) is 3.63. The fourth-order valence-electron chi connectivity index (χ4n) is 1.45. The normalized spacial score (nSPS) is 10.9. The second kappa shape index (κ2) is 6.58. The first kappa shape index (κ1) is 12.2. The van der Waals surface area contributed by atoms with Crippen LogP contribution in [0.1, 0.15) is 30.7 Å². The van der Waals surface area contributed by atoms with E-state index in [1.807, 2.05) is 13.8 Å². The average Bonchev–Trinajstić information content (AvgIpc) is 2.51. The fraction of sp³-hybridized carbons (Fsp3) is 0.727. The number of oxazole rings is 1. The summed E-state index contributed by atoms with van der Waals surface area (Å²) >= 11 is 0. The molecule has 4 heteroatoms. The molecule has 0 amide bonds. The Morgan fingerprint density at radius 1 is 1.20 bits per heavy atom. The molecule has 0 aliphatic carbocycles. The van der Waals surface area contributed by atoms with E-state index in [1.165, 1.54) is 0 Å². The van der Waals surface area contributed by atoms with Crippen LogP contribution in [0.2, 0.25) is 0 Å². The third-order valence-corrected chi connectivity index (χ3v) is 2.24. The summed E-state index contributed by atoms with van der Waals surface area (Å²) in [6, 6.07) is 0. The monoisotopic (exact) mass is 211 g/mol. The number of hydrogen-bond acceptors (Lipinski definition) is 4. The molecule has 0 saturated carbocycles. The minimum Gasteiger partial charge on any atom is -0.444 e. The summed E-state index contributed by atoms with van der Waals surface area (Å²) in [6.45, 7) is 9.87. The largest absolute Gasteiger partial charge is 0.444 e. The molecule has 1 aromatic rings. The molecule has 0 aliphatic rings. The van der Waals surface area contributed by atoms with Crippen molar-refractivity contribution in [3.05, 3.63) is 17.3 Å². The molecule has 0 aliphatic heterocycles. The Morgan fingerprint density at radius 2 is 1.93 bits per heavy atom. The predicted octanol–water partition coefficient (Wildman–Crippen LogP) is 1.38. The number of aryl methyl sites for hydroxylation is 2. The molecule has 15 heavy (non-hydrogen) atoms. The summed E-state index contributed by atoms with van der Waals surface area (Å²) in [7, 11) is 0. The Hall–Kier alpha value is -0.870. The van der Waals surface area contributed by atoms with Gasteiger partial charge < -0.3 is 15.1 Å². The lowest BCUT2D eigenvalue weighted by atomic mass is 10.3. The van der Waals surface area contributed by atoms with E-state index in [-0.39, 0.29) is 0 Å². The zero-order chi connectivity index (χ0) is 11.1. The second-order valence-electron chi connectivity index (χ2n) is 3.63. The smallest absolute Gasteiger partial charge is 0.191 e. The first-order valence-electron chi connectivity index (χ1n) is 5.58. The Morgan fingerprint density at radius 3 is 2.53 bits per heavy atom. The molecule has 0 bridgehead atoms. The van der Waals surface area contributed by atoms with E-state index < -0.39 is 0 Å². The van der Waals surface area contributed by atoms with Crippen LogP contribution in [0.5, 0.6) is 0 Å².